The van der Waals surface area contributed by atoms with Crippen LogP contribution in [0.15, 0.2) is 35.3 Å². The van der Waals surface area contributed by atoms with Crippen LogP contribution in [0.5, 0.6) is 0 Å². The van der Waals surface area contributed by atoms with Crippen LogP contribution in [0.25, 0.3) is 33.7 Å². The Labute approximate surface area is 190 Å². The Morgan fingerprint density at radius 3 is 2.88 bits per heavy atom. The van der Waals surface area contributed by atoms with Gasteiger partial charge in [-0.15, -0.1) is 0 Å². The molecule has 6 rings (SSSR count). The zero-order valence-electron chi connectivity index (χ0n) is 17.3. The number of aromatic amines is 1. The zero-order chi connectivity index (χ0) is 22.7. The van der Waals surface area contributed by atoms with Crippen LogP contribution < -0.4 is 5.32 Å². The first-order valence-corrected chi connectivity index (χ1v) is 11.7. The van der Waals surface area contributed by atoms with Crippen molar-refractivity contribution in [3.05, 3.63) is 46.9 Å². The highest BCUT2D eigenvalue weighted by Crippen LogP contribution is 2.50. The molecule has 4 heterocycles. The van der Waals surface area contributed by atoms with Crippen molar-refractivity contribution in [1.82, 2.24) is 19.9 Å². The van der Waals surface area contributed by atoms with Gasteiger partial charge in [0.1, 0.15) is 17.2 Å². The Bertz CT molecular complexity index is 1370. The second-order valence-electron chi connectivity index (χ2n) is 8.69. The fraction of sp³-hybridized carbons (Fsp3) is 0.304. The number of carbonyl (C=O) groups is 1. The number of hydrogen-bond donors (Lipinski definition) is 3. The van der Waals surface area contributed by atoms with E-state index in [1.807, 2.05) is 5.38 Å². The van der Waals surface area contributed by atoms with Crippen LogP contribution >= 0.6 is 11.3 Å². The van der Waals surface area contributed by atoms with Crippen molar-refractivity contribution in [2.24, 2.45) is 17.8 Å². The summed E-state index contributed by atoms with van der Waals surface area (Å²) in [6.45, 7) is 0. The second kappa shape index (κ2) is 7.58. The summed E-state index contributed by atoms with van der Waals surface area (Å²) in [7, 11) is 0. The van der Waals surface area contributed by atoms with E-state index in [0.29, 0.717) is 22.2 Å². The Hall–Kier alpha value is -3.40. The van der Waals surface area contributed by atoms with Crippen molar-refractivity contribution >= 4 is 34.2 Å². The van der Waals surface area contributed by atoms with Gasteiger partial charge >= 0.3 is 5.97 Å². The quantitative estimate of drug-likeness (QED) is 0.384. The maximum Gasteiger partial charge on any atom is 0.308 e. The van der Waals surface area contributed by atoms with E-state index in [2.05, 4.69) is 25.3 Å². The predicted octanol–water partition coefficient (Wildman–Crippen LogP) is 4.94. The number of aliphatic carboxylic acids is 1. The van der Waals surface area contributed by atoms with E-state index in [9.17, 15) is 14.3 Å². The average Bonchev–Trinajstić information content (AvgIpc) is 3.59. The smallest absolute Gasteiger partial charge is 0.308 e. The van der Waals surface area contributed by atoms with Crippen LogP contribution in [0, 0.1) is 29.4 Å². The number of hydrogen-bond acceptors (Lipinski definition) is 6. The molecule has 168 valence electrons. The summed E-state index contributed by atoms with van der Waals surface area (Å²) in [6.07, 6.45) is 5.34. The lowest BCUT2D eigenvalue weighted by Crippen LogP contribution is -2.39. The maximum atomic E-state index is 15.6. The van der Waals surface area contributed by atoms with Gasteiger partial charge in [0, 0.05) is 34.1 Å². The molecule has 3 N–H and O–H groups in total. The van der Waals surface area contributed by atoms with Gasteiger partial charge < -0.3 is 15.4 Å². The minimum absolute atomic E-state index is 0.0382. The number of nitrogens with one attached hydrogen (secondary N) is 2. The zero-order valence-corrected chi connectivity index (χ0v) is 18.1. The fourth-order valence-electron chi connectivity index (χ4n) is 5.43. The SMILES string of the molecule is O=C(O)C1C2CCC(C2)C1Nc1nc(-c2c[nH]c3ncc(F)cc23)nc(-c2ccsc2)c1F. The summed E-state index contributed by atoms with van der Waals surface area (Å²) in [5.41, 5.74) is 1.65. The Morgan fingerprint density at radius 1 is 1.24 bits per heavy atom. The third-order valence-electron chi connectivity index (χ3n) is 6.89. The molecule has 2 bridgehead atoms. The van der Waals surface area contributed by atoms with Crippen LogP contribution in [0.3, 0.4) is 0 Å². The standard InChI is InChI=1S/C23H19F2N5O2S/c24-13-6-14-15(8-27-20(14)26-7-13)21-29-19(12-3-4-33-9-12)17(25)22(30-21)28-18-11-2-1-10(5-11)16(18)23(31)32/h3-4,6-11,16,18H,1-2,5H2,(H,26,27)(H,31,32)(H,28,29,30). The van der Waals surface area contributed by atoms with Crippen molar-refractivity contribution in [2.75, 3.05) is 5.32 Å². The molecule has 4 aromatic rings. The third-order valence-corrected chi connectivity index (χ3v) is 7.57. The fourth-order valence-corrected chi connectivity index (χ4v) is 6.07. The normalized spacial score (nSPS) is 23.9. The number of halogens is 2. The Morgan fingerprint density at radius 2 is 2.09 bits per heavy atom. The van der Waals surface area contributed by atoms with Gasteiger partial charge in [-0.1, -0.05) is 0 Å². The monoisotopic (exact) mass is 467 g/mol. The van der Waals surface area contributed by atoms with Crippen LogP contribution in [0.2, 0.25) is 0 Å². The van der Waals surface area contributed by atoms with Gasteiger partial charge in [0.2, 0.25) is 0 Å². The highest BCUT2D eigenvalue weighted by Gasteiger charge is 2.51. The van der Waals surface area contributed by atoms with E-state index in [0.717, 1.165) is 25.5 Å². The lowest BCUT2D eigenvalue weighted by atomic mass is 9.84. The van der Waals surface area contributed by atoms with Crippen LogP contribution in [-0.2, 0) is 4.79 Å². The molecule has 0 aliphatic heterocycles. The van der Waals surface area contributed by atoms with Gasteiger partial charge in [-0.05, 0) is 48.6 Å². The highest BCUT2D eigenvalue weighted by molar-refractivity contribution is 7.08. The molecule has 0 aromatic carbocycles. The molecule has 4 aromatic heterocycles. The molecule has 4 atom stereocenters. The molecule has 0 spiro atoms. The first-order valence-electron chi connectivity index (χ1n) is 10.7. The minimum Gasteiger partial charge on any atom is -0.481 e. The molecule has 2 aliphatic rings. The molecule has 7 nitrogen and oxygen atoms in total. The molecule has 10 heteroatoms. The number of fused-ring (bicyclic) bond motifs is 3. The number of carboxylic acid groups (broad SMARTS) is 1. The van der Waals surface area contributed by atoms with Crippen molar-refractivity contribution < 1.29 is 18.7 Å². The topological polar surface area (TPSA) is 104 Å². The van der Waals surface area contributed by atoms with E-state index >= 15 is 4.39 Å². The van der Waals surface area contributed by atoms with Crippen molar-refractivity contribution in [1.29, 1.82) is 0 Å². The average molecular weight is 468 g/mol. The van der Waals surface area contributed by atoms with Gasteiger partial charge in [0.05, 0.1) is 12.1 Å². The largest absolute Gasteiger partial charge is 0.481 e. The molecule has 2 saturated carbocycles. The third kappa shape index (κ3) is 3.28. The highest BCUT2D eigenvalue weighted by atomic mass is 32.1. The molecule has 2 fully saturated rings. The summed E-state index contributed by atoms with van der Waals surface area (Å²) in [4.78, 5) is 27.9. The van der Waals surface area contributed by atoms with Crippen molar-refractivity contribution in [2.45, 2.75) is 25.3 Å². The Balaban J connectivity index is 1.49. The number of aromatic nitrogens is 4. The summed E-state index contributed by atoms with van der Waals surface area (Å²) >= 11 is 1.41. The summed E-state index contributed by atoms with van der Waals surface area (Å²) < 4.78 is 29.5. The van der Waals surface area contributed by atoms with Gasteiger partial charge in [-0.3, -0.25) is 4.79 Å². The molecule has 2 aliphatic carbocycles. The summed E-state index contributed by atoms with van der Waals surface area (Å²) in [5.74, 6) is -2.18. The van der Waals surface area contributed by atoms with Gasteiger partial charge in [0.15, 0.2) is 17.5 Å². The molecule has 0 amide bonds. The number of H-pyrrole nitrogens is 1. The second-order valence-corrected chi connectivity index (χ2v) is 9.47. The molecule has 33 heavy (non-hydrogen) atoms. The van der Waals surface area contributed by atoms with Crippen molar-refractivity contribution in [3.63, 3.8) is 0 Å². The maximum absolute atomic E-state index is 15.6. The van der Waals surface area contributed by atoms with E-state index in [4.69, 9.17) is 0 Å². The first kappa shape index (κ1) is 20.2. The van der Waals surface area contributed by atoms with Crippen LogP contribution in [0.4, 0.5) is 14.6 Å². The summed E-state index contributed by atoms with van der Waals surface area (Å²) in [6, 6.07) is 2.68. The predicted molar refractivity (Wildman–Crippen MR) is 120 cm³/mol. The van der Waals surface area contributed by atoms with Crippen LogP contribution in [0.1, 0.15) is 19.3 Å². The van der Waals surface area contributed by atoms with E-state index in [-0.39, 0.29) is 29.2 Å². The molecular formula is C23H19F2N5O2S. The molecule has 0 radical (unpaired) electrons. The lowest BCUT2D eigenvalue weighted by Gasteiger charge is -2.29. The summed E-state index contributed by atoms with van der Waals surface area (Å²) in [5, 5.41) is 17.0. The van der Waals surface area contributed by atoms with E-state index in [1.165, 1.54) is 17.4 Å². The number of nitrogens with zero attached hydrogens (tertiary/aromatic N) is 3. The van der Waals surface area contributed by atoms with Gasteiger partial charge in [-0.2, -0.15) is 11.3 Å². The van der Waals surface area contributed by atoms with Crippen LogP contribution in [-0.4, -0.2) is 37.1 Å². The minimum atomic E-state index is -0.870. The number of thiophene rings is 1. The van der Waals surface area contributed by atoms with E-state index in [1.54, 1.807) is 17.6 Å². The number of anilines is 1. The van der Waals surface area contributed by atoms with Gasteiger partial charge in [-0.25, -0.2) is 23.7 Å². The molecule has 0 saturated heterocycles. The number of carboxylic acids is 1. The molecular weight excluding hydrogens is 448 g/mol. The Kier molecular flexibility index (Phi) is 4.65. The number of pyridine rings is 1. The number of rotatable bonds is 5. The van der Waals surface area contributed by atoms with Gasteiger partial charge in [0.25, 0.3) is 0 Å². The molecule has 4 unspecified atom stereocenters. The van der Waals surface area contributed by atoms with E-state index < -0.39 is 29.6 Å². The first-order chi connectivity index (χ1) is 16.0. The van der Waals surface area contributed by atoms with Crippen molar-refractivity contribution in [3.8, 4) is 22.6 Å². The lowest BCUT2D eigenvalue weighted by molar-refractivity contribution is -0.143.